The van der Waals surface area contributed by atoms with E-state index in [0.29, 0.717) is 64.0 Å². The summed E-state index contributed by atoms with van der Waals surface area (Å²) in [6.45, 7) is 9.86. The van der Waals surface area contributed by atoms with Crippen molar-refractivity contribution >= 4 is 70.6 Å². The number of ether oxygens (including phenoxy) is 2. The van der Waals surface area contributed by atoms with Crippen molar-refractivity contribution < 1.29 is 41.6 Å². The Bertz CT molecular complexity index is 2640. The highest BCUT2D eigenvalue weighted by Gasteiger charge is 2.42. The van der Waals surface area contributed by atoms with Crippen molar-refractivity contribution in [1.29, 1.82) is 0 Å². The predicted octanol–water partition coefficient (Wildman–Crippen LogP) is 6.31. The lowest BCUT2D eigenvalue weighted by Crippen LogP contribution is -2.53. The number of piperidine rings is 2. The molecule has 354 valence electrons. The number of benzene rings is 3. The summed E-state index contributed by atoms with van der Waals surface area (Å²) in [7, 11) is -0.948. The maximum Gasteiger partial charge on any atom is 0.416 e. The van der Waals surface area contributed by atoms with Gasteiger partial charge >= 0.3 is 6.18 Å². The topological polar surface area (TPSA) is 162 Å². The highest BCUT2D eigenvalue weighted by atomic mass is 35.5. The smallest absolute Gasteiger partial charge is 0.416 e. The molecule has 20 heteroatoms. The zero-order chi connectivity index (χ0) is 47.5. The first-order valence-corrected chi connectivity index (χ1v) is 25.1. The molecule has 1 unspecified atom stereocenters. The minimum Gasteiger partial charge on any atom is -0.494 e. The Labute approximate surface area is 392 Å². The fourth-order valence-corrected chi connectivity index (χ4v) is 10.3. The quantitative estimate of drug-likeness (QED) is 0.0593. The normalized spacial score (nSPS) is 18.6. The number of aromatic nitrogens is 2. The number of hydrogen-bond donors (Lipinski definition) is 3. The van der Waals surface area contributed by atoms with Gasteiger partial charge in [0, 0.05) is 93.0 Å². The number of fused-ring (bicyclic) bond motifs is 1. The van der Waals surface area contributed by atoms with Crippen LogP contribution in [-0.2, 0) is 31.6 Å². The van der Waals surface area contributed by atoms with E-state index in [1.54, 1.807) is 20.4 Å². The number of carbonyl (C=O) groups is 3. The van der Waals surface area contributed by atoms with Crippen molar-refractivity contribution in [3.05, 3.63) is 88.1 Å². The number of nitrogens with zero attached hydrogens (tertiary/aromatic N) is 6. The summed E-state index contributed by atoms with van der Waals surface area (Å²) in [6.07, 6.45) is -1.03. The number of halogens is 4. The molecule has 1 aromatic heterocycles. The molecule has 0 bridgehead atoms. The fourth-order valence-electron chi connectivity index (χ4n) is 9.02. The van der Waals surface area contributed by atoms with Crippen LogP contribution in [-0.4, -0.2) is 134 Å². The molecule has 0 radical (unpaired) electrons. The molecular formula is C47H52ClF3N9O6P. The molecule has 4 aliphatic rings. The Balaban J connectivity index is 0.785. The molecule has 67 heavy (non-hydrogen) atoms. The second-order valence-electron chi connectivity index (χ2n) is 17.3. The van der Waals surface area contributed by atoms with E-state index in [1.165, 1.54) is 11.1 Å². The molecule has 15 nitrogen and oxygen atoms in total. The van der Waals surface area contributed by atoms with Crippen molar-refractivity contribution in [3.63, 3.8) is 0 Å². The standard InChI is InChI=1S/C47H52ClF3N9O6P/c1-65-40-27-33(10-11-37(40)54-46-52-28-36(48)43(56-46)53-38-8-4-5-9-41(38)67(2,3)64)58-16-14-32(15-17-58)59-20-18-57(19-21-59)22-24-66-23-6-7-30-25-31(47(49,50)51)26-34-35(30)29-60(45(34)63)39-12-13-42(61)55-44(39)62/h4-5,8-11,25-28,32,39H,12-24,29H2,1-3H3,(H,55,61,62)(H2,52,53,54,56). The monoisotopic (exact) mass is 961 g/mol. The average Bonchev–Trinajstić information content (AvgIpc) is 3.64. The summed E-state index contributed by atoms with van der Waals surface area (Å²) >= 11 is 6.47. The number of piperazine rings is 1. The third-order valence-corrected chi connectivity index (χ3v) is 14.4. The lowest BCUT2D eigenvalue weighted by Gasteiger charge is -2.43. The number of anilines is 5. The van der Waals surface area contributed by atoms with Crippen LogP contribution in [0.2, 0.25) is 5.02 Å². The SMILES string of the molecule is COc1cc(N2CCC(N3CCN(CCOCC#Cc4cc(C(F)(F)F)cc5c4CN(C4CCC(=O)NC4=O)C5=O)CC3)CC2)ccc1Nc1ncc(Cl)c(Nc2ccccc2P(C)(C)=O)n1. The van der Waals surface area contributed by atoms with E-state index in [1.807, 2.05) is 36.4 Å². The summed E-state index contributed by atoms with van der Waals surface area (Å²) < 4.78 is 66.0. The van der Waals surface area contributed by atoms with E-state index in [2.05, 4.69) is 58.5 Å². The molecule has 3 amide bonds. The number of hydrogen-bond acceptors (Lipinski definition) is 13. The van der Waals surface area contributed by atoms with E-state index in [0.717, 1.165) is 69.9 Å². The lowest BCUT2D eigenvalue weighted by atomic mass is 9.99. The molecule has 3 N–H and O–H groups in total. The van der Waals surface area contributed by atoms with Crippen LogP contribution in [0.4, 0.5) is 42.0 Å². The van der Waals surface area contributed by atoms with Gasteiger partial charge in [0.1, 0.15) is 30.6 Å². The molecule has 3 fully saturated rings. The van der Waals surface area contributed by atoms with Crippen LogP contribution in [0.3, 0.4) is 0 Å². The van der Waals surface area contributed by atoms with Gasteiger partial charge in [0.15, 0.2) is 5.82 Å². The highest BCUT2D eigenvalue weighted by molar-refractivity contribution is 7.70. The summed E-state index contributed by atoms with van der Waals surface area (Å²) in [4.78, 5) is 54.8. The minimum atomic E-state index is -4.71. The lowest BCUT2D eigenvalue weighted by molar-refractivity contribution is -0.138. The predicted molar refractivity (Wildman–Crippen MR) is 251 cm³/mol. The van der Waals surface area contributed by atoms with Gasteiger partial charge in [-0.1, -0.05) is 35.6 Å². The first-order valence-electron chi connectivity index (χ1n) is 22.1. The number of nitrogens with one attached hydrogen (secondary N) is 3. The van der Waals surface area contributed by atoms with Crippen molar-refractivity contribution in [1.82, 2.24) is 30.0 Å². The zero-order valence-electron chi connectivity index (χ0n) is 37.4. The molecule has 5 heterocycles. The van der Waals surface area contributed by atoms with E-state index in [4.69, 9.17) is 21.1 Å². The van der Waals surface area contributed by atoms with Gasteiger partial charge < -0.3 is 34.5 Å². The van der Waals surface area contributed by atoms with Gasteiger partial charge in [0.25, 0.3) is 5.91 Å². The molecule has 3 saturated heterocycles. The Morgan fingerprint density at radius 2 is 1.72 bits per heavy atom. The third kappa shape index (κ3) is 11.2. The Morgan fingerprint density at radius 1 is 0.955 bits per heavy atom. The molecule has 8 rings (SSSR count). The number of amides is 3. The summed E-state index contributed by atoms with van der Waals surface area (Å²) in [5.74, 6) is 5.15. The fraction of sp³-hybridized carbons (Fsp3) is 0.426. The molecule has 1 atom stereocenters. The molecule has 3 aromatic carbocycles. The number of alkyl halides is 3. The van der Waals surface area contributed by atoms with Gasteiger partial charge in [0.2, 0.25) is 17.8 Å². The third-order valence-electron chi connectivity index (χ3n) is 12.6. The molecule has 0 spiro atoms. The molecule has 4 aromatic rings. The van der Waals surface area contributed by atoms with Gasteiger partial charge in [-0.3, -0.25) is 29.5 Å². The number of imide groups is 1. The zero-order valence-corrected chi connectivity index (χ0v) is 39.1. The van der Waals surface area contributed by atoms with Crippen LogP contribution >= 0.6 is 18.7 Å². The Kier molecular flexibility index (Phi) is 14.4. The van der Waals surface area contributed by atoms with Crippen molar-refractivity contribution in [3.8, 4) is 17.6 Å². The van der Waals surface area contributed by atoms with Crippen molar-refractivity contribution in [2.75, 3.05) is 95.0 Å². The van der Waals surface area contributed by atoms with Crippen molar-refractivity contribution in [2.24, 2.45) is 0 Å². The minimum absolute atomic E-state index is 0.00461. The van der Waals surface area contributed by atoms with Crippen LogP contribution in [0.15, 0.2) is 60.8 Å². The van der Waals surface area contributed by atoms with E-state index in [9.17, 15) is 32.1 Å². The van der Waals surface area contributed by atoms with Crippen LogP contribution in [0.1, 0.15) is 52.7 Å². The van der Waals surface area contributed by atoms with Gasteiger partial charge in [-0.15, -0.1) is 0 Å². The van der Waals surface area contributed by atoms with Crippen LogP contribution in [0.5, 0.6) is 5.75 Å². The summed E-state index contributed by atoms with van der Waals surface area (Å²) in [6, 6.07) is 14.6. The second-order valence-corrected chi connectivity index (χ2v) is 20.9. The second kappa shape index (κ2) is 20.3. The van der Waals surface area contributed by atoms with E-state index in [-0.39, 0.29) is 37.1 Å². The molecular weight excluding hydrogens is 910 g/mol. The summed E-state index contributed by atoms with van der Waals surface area (Å²) in [5.41, 5.74) is 1.65. The van der Waals surface area contributed by atoms with Crippen LogP contribution in [0, 0.1) is 11.8 Å². The summed E-state index contributed by atoms with van der Waals surface area (Å²) in [5, 5.41) is 9.71. The van der Waals surface area contributed by atoms with E-state index >= 15 is 0 Å². The van der Waals surface area contributed by atoms with Gasteiger partial charge in [-0.05, 0) is 74.6 Å². The first kappa shape index (κ1) is 47.8. The van der Waals surface area contributed by atoms with E-state index < -0.39 is 42.6 Å². The molecule has 4 aliphatic heterocycles. The van der Waals surface area contributed by atoms with Crippen LogP contribution < -0.4 is 30.9 Å². The van der Waals surface area contributed by atoms with Gasteiger partial charge in [-0.25, -0.2) is 4.98 Å². The Morgan fingerprint density at radius 3 is 2.43 bits per heavy atom. The number of methoxy groups -OCH3 is 1. The highest BCUT2D eigenvalue weighted by Crippen LogP contribution is 2.40. The average molecular weight is 962 g/mol. The molecule has 0 saturated carbocycles. The number of carbonyl (C=O) groups excluding carboxylic acids is 3. The largest absolute Gasteiger partial charge is 0.494 e. The van der Waals surface area contributed by atoms with Crippen molar-refractivity contribution in [2.45, 2.75) is 50.5 Å². The maximum atomic E-state index is 13.8. The number of para-hydroxylation sites is 1. The van der Waals surface area contributed by atoms with Gasteiger partial charge in [0.05, 0.1) is 36.9 Å². The first-order chi connectivity index (χ1) is 32.0. The molecule has 0 aliphatic carbocycles. The maximum absolute atomic E-state index is 13.8. The Hall–Kier alpha value is -5.70. The van der Waals surface area contributed by atoms with Gasteiger partial charge in [-0.2, -0.15) is 18.2 Å². The number of rotatable bonds is 13. The van der Waals surface area contributed by atoms with Crippen LogP contribution in [0.25, 0.3) is 0 Å².